The van der Waals surface area contributed by atoms with Gasteiger partial charge in [0.2, 0.25) is 0 Å². The van der Waals surface area contributed by atoms with Gasteiger partial charge in [-0.3, -0.25) is 0 Å². The topological polar surface area (TPSA) is 38.1 Å². The molecule has 19 heavy (non-hydrogen) atoms. The molecule has 0 fully saturated rings. The number of aryl methyl sites for hydroxylation is 1. The van der Waals surface area contributed by atoms with E-state index in [9.17, 15) is 0 Å². The van der Waals surface area contributed by atoms with Gasteiger partial charge in [0.1, 0.15) is 4.60 Å². The van der Waals surface area contributed by atoms with Crippen molar-refractivity contribution in [3.8, 4) is 0 Å². The van der Waals surface area contributed by atoms with E-state index >= 15 is 0 Å². The highest BCUT2D eigenvalue weighted by atomic mass is 79.9. The van der Waals surface area contributed by atoms with Gasteiger partial charge in [0.25, 0.3) is 0 Å². The van der Waals surface area contributed by atoms with Crippen LogP contribution in [-0.4, -0.2) is 15.7 Å². The summed E-state index contributed by atoms with van der Waals surface area (Å²) in [5.74, 6) is 0.700. The number of hydrogen-bond donors (Lipinski definition) is 0. The van der Waals surface area contributed by atoms with Crippen molar-refractivity contribution in [2.45, 2.75) is 61.3 Å². The van der Waals surface area contributed by atoms with Crippen molar-refractivity contribution in [3.63, 3.8) is 0 Å². The number of halogens is 1. The van der Waals surface area contributed by atoms with Crippen LogP contribution >= 0.6 is 15.9 Å². The quantitative estimate of drug-likeness (QED) is 0.673. The van der Waals surface area contributed by atoms with Crippen molar-refractivity contribution in [1.29, 1.82) is 0 Å². The predicted molar refractivity (Wildman–Crippen MR) is 87.3 cm³/mol. The molecule has 0 amide bonds. The average molecular weight is 328 g/mol. The van der Waals surface area contributed by atoms with E-state index in [1.165, 1.54) is 12.8 Å². The van der Waals surface area contributed by atoms with Crippen molar-refractivity contribution in [2.75, 3.05) is 0 Å². The van der Waals surface area contributed by atoms with Crippen LogP contribution in [0.15, 0.2) is 15.8 Å². The number of nitrogens with zero attached hydrogens (tertiary/aromatic N) is 3. The molecular formula is C15H26BrN3. The molecule has 0 atom stereocenters. The summed E-state index contributed by atoms with van der Waals surface area (Å²) >= 11 is 3.28. The number of hydrogen-bond acceptors (Lipinski definition) is 3. The largest absolute Gasteiger partial charge is 0.241 e. The Morgan fingerprint density at radius 3 is 2.16 bits per heavy atom. The van der Waals surface area contributed by atoms with Crippen LogP contribution in [0, 0.1) is 12.3 Å². The third-order valence-corrected chi connectivity index (χ3v) is 3.13. The van der Waals surface area contributed by atoms with E-state index in [4.69, 9.17) is 0 Å². The zero-order valence-electron chi connectivity index (χ0n) is 13.2. The molecule has 0 spiro atoms. The van der Waals surface area contributed by atoms with Crippen molar-refractivity contribution in [3.05, 3.63) is 16.5 Å². The van der Waals surface area contributed by atoms with E-state index in [-0.39, 0.29) is 5.41 Å². The smallest absolute Gasteiger partial charge is 0.173 e. The predicted octanol–water partition coefficient (Wildman–Crippen LogP) is 5.49. The van der Waals surface area contributed by atoms with Crippen LogP contribution in [-0.2, 0) is 0 Å². The lowest BCUT2D eigenvalue weighted by Crippen LogP contribution is -2.16. The maximum atomic E-state index is 4.49. The summed E-state index contributed by atoms with van der Waals surface area (Å²) in [5.41, 5.74) is 1.97. The summed E-state index contributed by atoms with van der Waals surface area (Å²) in [6, 6.07) is 0. The van der Waals surface area contributed by atoms with E-state index in [1.807, 2.05) is 13.8 Å². The van der Waals surface area contributed by atoms with E-state index in [0.717, 1.165) is 16.0 Å². The first-order chi connectivity index (χ1) is 8.72. The van der Waals surface area contributed by atoms with E-state index < -0.39 is 0 Å². The third kappa shape index (κ3) is 7.41. The lowest BCUT2D eigenvalue weighted by Gasteiger charge is -2.17. The number of aliphatic imine (C=N–C) groups is 1. The lowest BCUT2D eigenvalue weighted by atomic mass is 9.91. The van der Waals surface area contributed by atoms with Crippen LogP contribution in [0.3, 0.4) is 0 Å². The molecule has 0 saturated carbocycles. The highest BCUT2D eigenvalue weighted by Crippen LogP contribution is 2.21. The van der Waals surface area contributed by atoms with E-state index in [2.05, 4.69) is 65.5 Å². The van der Waals surface area contributed by atoms with Crippen LogP contribution in [0.2, 0.25) is 0 Å². The van der Waals surface area contributed by atoms with Gasteiger partial charge in [-0.1, -0.05) is 47.5 Å². The molecule has 0 bridgehead atoms. The van der Waals surface area contributed by atoms with Crippen molar-refractivity contribution < 1.29 is 0 Å². The number of unbranched alkanes of at least 4 members (excludes halogenated alkanes) is 1. The minimum absolute atomic E-state index is 0.0706. The Balaban J connectivity index is 0.000000711. The Hall–Kier alpha value is -0.770. The SMILES string of the molecule is CC(=Nc1ncc(Br)nc1C)C(C)(C)C.CCCC. The molecule has 0 aliphatic carbocycles. The summed E-state index contributed by atoms with van der Waals surface area (Å²) in [6.07, 6.45) is 4.31. The van der Waals surface area contributed by atoms with Crippen LogP contribution in [0.5, 0.6) is 0 Å². The zero-order chi connectivity index (χ0) is 15.1. The Labute approximate surface area is 126 Å². The Morgan fingerprint density at radius 1 is 1.26 bits per heavy atom. The van der Waals surface area contributed by atoms with Gasteiger partial charge in [-0.25, -0.2) is 15.0 Å². The maximum absolute atomic E-state index is 4.49. The molecule has 0 unspecified atom stereocenters. The molecule has 3 nitrogen and oxygen atoms in total. The fourth-order valence-electron chi connectivity index (χ4n) is 0.883. The molecule has 0 radical (unpaired) electrons. The van der Waals surface area contributed by atoms with Gasteiger partial charge in [-0.2, -0.15) is 0 Å². The zero-order valence-corrected chi connectivity index (χ0v) is 14.8. The first-order valence-corrected chi connectivity index (χ1v) is 7.56. The molecule has 1 aromatic rings. The fourth-order valence-corrected chi connectivity index (χ4v) is 1.25. The molecule has 4 heteroatoms. The molecule has 1 rings (SSSR count). The minimum Gasteiger partial charge on any atom is -0.241 e. The van der Waals surface area contributed by atoms with Crippen LogP contribution in [0.1, 0.15) is 60.1 Å². The average Bonchev–Trinajstić information content (AvgIpc) is 2.31. The van der Waals surface area contributed by atoms with Gasteiger partial charge < -0.3 is 0 Å². The van der Waals surface area contributed by atoms with E-state index in [0.29, 0.717) is 5.82 Å². The Kier molecular flexibility index (Phi) is 8.07. The summed E-state index contributed by atoms with van der Waals surface area (Å²) in [5, 5.41) is 0. The molecule has 0 aliphatic heterocycles. The van der Waals surface area contributed by atoms with Gasteiger partial charge in [0.15, 0.2) is 5.82 Å². The second-order valence-corrected chi connectivity index (χ2v) is 6.36. The molecule has 0 saturated heterocycles. The summed E-state index contributed by atoms with van der Waals surface area (Å²) in [7, 11) is 0. The summed E-state index contributed by atoms with van der Waals surface area (Å²) < 4.78 is 0.743. The number of aromatic nitrogens is 2. The summed E-state index contributed by atoms with van der Waals surface area (Å²) in [4.78, 5) is 13.0. The Morgan fingerprint density at radius 2 is 1.79 bits per heavy atom. The minimum atomic E-state index is 0.0706. The molecule has 0 N–H and O–H groups in total. The molecule has 1 heterocycles. The van der Waals surface area contributed by atoms with Crippen LogP contribution < -0.4 is 0 Å². The second-order valence-electron chi connectivity index (χ2n) is 5.55. The first kappa shape index (κ1) is 18.2. The van der Waals surface area contributed by atoms with Crippen molar-refractivity contribution >= 4 is 27.5 Å². The van der Waals surface area contributed by atoms with Gasteiger partial charge >= 0.3 is 0 Å². The van der Waals surface area contributed by atoms with Crippen LogP contribution in [0.4, 0.5) is 5.82 Å². The van der Waals surface area contributed by atoms with Crippen molar-refractivity contribution in [2.24, 2.45) is 10.4 Å². The highest BCUT2D eigenvalue weighted by molar-refractivity contribution is 9.10. The number of rotatable bonds is 2. The molecule has 0 aliphatic rings. The van der Waals surface area contributed by atoms with Gasteiger partial charge in [-0.15, -0.1) is 0 Å². The summed E-state index contributed by atoms with van der Waals surface area (Å²) in [6.45, 7) is 14.7. The van der Waals surface area contributed by atoms with Crippen molar-refractivity contribution in [1.82, 2.24) is 9.97 Å². The molecule has 0 aromatic carbocycles. The molecular weight excluding hydrogens is 302 g/mol. The third-order valence-electron chi connectivity index (χ3n) is 2.75. The molecule has 108 valence electrons. The maximum Gasteiger partial charge on any atom is 0.173 e. The molecule has 1 aromatic heterocycles. The first-order valence-electron chi connectivity index (χ1n) is 6.77. The Bertz CT molecular complexity index is 418. The monoisotopic (exact) mass is 327 g/mol. The van der Waals surface area contributed by atoms with E-state index in [1.54, 1.807) is 6.20 Å². The fraction of sp³-hybridized carbons (Fsp3) is 0.667. The standard InChI is InChI=1S/C11H16BrN3.C4H10/c1-7-10(13-6-9(12)14-7)15-8(2)11(3,4)5;1-3-4-2/h6H,1-5H3;3-4H2,1-2H3. The normalized spacial score (nSPS) is 11.9. The van der Waals surface area contributed by atoms with Gasteiger partial charge in [0, 0.05) is 11.1 Å². The van der Waals surface area contributed by atoms with Gasteiger partial charge in [-0.05, 0) is 29.8 Å². The van der Waals surface area contributed by atoms with Gasteiger partial charge in [0.05, 0.1) is 11.9 Å². The lowest BCUT2D eigenvalue weighted by molar-refractivity contribution is 0.588. The van der Waals surface area contributed by atoms with Crippen LogP contribution in [0.25, 0.3) is 0 Å². The second kappa shape index (κ2) is 8.41. The highest BCUT2D eigenvalue weighted by Gasteiger charge is 2.15.